The highest BCUT2D eigenvalue weighted by atomic mass is 16.3. The maximum absolute atomic E-state index is 12.1. The summed E-state index contributed by atoms with van der Waals surface area (Å²) in [4.78, 5) is 20.5. The van der Waals surface area contributed by atoms with Gasteiger partial charge in [-0.1, -0.05) is 6.92 Å². The summed E-state index contributed by atoms with van der Waals surface area (Å²) in [6, 6.07) is 1.80. The van der Waals surface area contributed by atoms with Crippen molar-refractivity contribution in [1.29, 1.82) is 0 Å². The summed E-state index contributed by atoms with van der Waals surface area (Å²) in [6.45, 7) is 5.75. The number of aliphatic hydroxyl groups excluding tert-OH is 1. The smallest absolute Gasteiger partial charge is 0.291 e. The topological polar surface area (TPSA) is 92.4 Å². The lowest BCUT2D eigenvalue weighted by atomic mass is 10.1. The van der Waals surface area contributed by atoms with E-state index in [1.165, 1.54) is 0 Å². The summed E-state index contributed by atoms with van der Waals surface area (Å²) < 4.78 is 1.55. The minimum absolute atomic E-state index is 0.0389. The van der Waals surface area contributed by atoms with E-state index < -0.39 is 0 Å². The number of carbonyl (C=O) groups excluding carboxylic acids is 1. The first kappa shape index (κ1) is 14.4. The highest BCUT2D eigenvalue weighted by molar-refractivity contribution is 5.91. The van der Waals surface area contributed by atoms with Gasteiger partial charge in [0.15, 0.2) is 0 Å². The molecule has 0 aliphatic rings. The average Bonchev–Trinajstić information content (AvgIpc) is 2.82. The molecule has 1 amide bonds. The van der Waals surface area contributed by atoms with Crippen LogP contribution in [0.1, 0.15) is 41.8 Å². The molecule has 7 heteroatoms. The van der Waals surface area contributed by atoms with Gasteiger partial charge in [0.1, 0.15) is 0 Å². The van der Waals surface area contributed by atoms with E-state index in [0.29, 0.717) is 12.2 Å². The average molecular weight is 277 g/mol. The first-order valence-electron chi connectivity index (χ1n) is 6.68. The summed E-state index contributed by atoms with van der Waals surface area (Å²) >= 11 is 0. The van der Waals surface area contributed by atoms with Crippen LogP contribution in [-0.4, -0.2) is 43.2 Å². The highest BCUT2D eigenvalue weighted by Crippen LogP contribution is 2.06. The van der Waals surface area contributed by atoms with Crippen LogP contribution in [0, 0.1) is 13.8 Å². The second-order valence-electron chi connectivity index (χ2n) is 4.78. The van der Waals surface area contributed by atoms with Crippen LogP contribution < -0.4 is 5.32 Å². The maximum Gasteiger partial charge on any atom is 0.291 e. The second kappa shape index (κ2) is 5.96. The molecule has 0 radical (unpaired) electrons. The Morgan fingerprint density at radius 3 is 2.85 bits per heavy atom. The van der Waals surface area contributed by atoms with Gasteiger partial charge in [0.2, 0.25) is 5.82 Å². The molecule has 1 atom stereocenters. The van der Waals surface area contributed by atoms with E-state index in [1.807, 2.05) is 26.8 Å². The molecule has 2 aromatic rings. The van der Waals surface area contributed by atoms with Gasteiger partial charge in [-0.15, -0.1) is 5.10 Å². The monoisotopic (exact) mass is 277 g/mol. The quantitative estimate of drug-likeness (QED) is 0.836. The Kier molecular flexibility index (Phi) is 4.29. The van der Waals surface area contributed by atoms with Gasteiger partial charge >= 0.3 is 0 Å². The van der Waals surface area contributed by atoms with E-state index in [2.05, 4.69) is 20.4 Å². The molecule has 108 valence electrons. The van der Waals surface area contributed by atoms with Crippen molar-refractivity contribution >= 4 is 11.7 Å². The molecule has 20 heavy (non-hydrogen) atoms. The van der Waals surface area contributed by atoms with Crippen LogP contribution in [0.5, 0.6) is 0 Å². The number of carbonyl (C=O) groups is 1. The molecule has 0 saturated carbocycles. The Balaban J connectivity index is 2.24. The highest BCUT2D eigenvalue weighted by Gasteiger charge is 2.17. The summed E-state index contributed by atoms with van der Waals surface area (Å²) in [5.74, 6) is 0.179. The lowest BCUT2D eigenvalue weighted by Gasteiger charge is -2.13. The zero-order valence-electron chi connectivity index (χ0n) is 11.9. The third-order valence-electron chi connectivity index (χ3n) is 3.13. The van der Waals surface area contributed by atoms with Crippen molar-refractivity contribution in [3.8, 4) is 0 Å². The van der Waals surface area contributed by atoms with Gasteiger partial charge in [0, 0.05) is 24.0 Å². The van der Waals surface area contributed by atoms with Crippen molar-refractivity contribution in [3.63, 3.8) is 0 Å². The Morgan fingerprint density at radius 2 is 2.20 bits per heavy atom. The van der Waals surface area contributed by atoms with Crippen LogP contribution in [0.25, 0.3) is 5.78 Å². The van der Waals surface area contributed by atoms with E-state index in [4.69, 9.17) is 5.11 Å². The molecule has 2 heterocycles. The first-order chi connectivity index (χ1) is 9.55. The van der Waals surface area contributed by atoms with Crippen molar-refractivity contribution in [3.05, 3.63) is 23.3 Å². The van der Waals surface area contributed by atoms with Crippen LogP contribution in [0.2, 0.25) is 0 Å². The number of nitrogens with zero attached hydrogens (tertiary/aromatic N) is 4. The molecule has 0 bridgehead atoms. The Morgan fingerprint density at radius 1 is 1.45 bits per heavy atom. The molecule has 0 aromatic carbocycles. The van der Waals surface area contributed by atoms with E-state index >= 15 is 0 Å². The Hall–Kier alpha value is -2.02. The van der Waals surface area contributed by atoms with Gasteiger partial charge in [-0.2, -0.15) is 4.98 Å². The molecule has 1 unspecified atom stereocenters. The fraction of sp³-hybridized carbons (Fsp3) is 0.538. The molecule has 7 nitrogen and oxygen atoms in total. The van der Waals surface area contributed by atoms with Crippen LogP contribution in [0.3, 0.4) is 0 Å². The summed E-state index contributed by atoms with van der Waals surface area (Å²) in [5.41, 5.74) is 1.71. The van der Waals surface area contributed by atoms with Gasteiger partial charge in [0.05, 0.1) is 0 Å². The SMILES string of the molecule is CCC(CCO)NC(=O)c1nc2nc(C)cc(C)n2n1. The van der Waals surface area contributed by atoms with Crippen LogP contribution in [0.15, 0.2) is 6.07 Å². The number of amides is 1. The number of aryl methyl sites for hydroxylation is 2. The number of rotatable bonds is 5. The van der Waals surface area contributed by atoms with Gasteiger partial charge in [0.25, 0.3) is 11.7 Å². The zero-order valence-corrected chi connectivity index (χ0v) is 11.9. The maximum atomic E-state index is 12.1. The van der Waals surface area contributed by atoms with E-state index in [9.17, 15) is 4.79 Å². The number of aliphatic hydroxyl groups is 1. The molecule has 2 rings (SSSR count). The molecule has 0 aliphatic heterocycles. The van der Waals surface area contributed by atoms with Crippen LogP contribution in [-0.2, 0) is 0 Å². The summed E-state index contributed by atoms with van der Waals surface area (Å²) in [7, 11) is 0. The molecule has 2 N–H and O–H groups in total. The normalized spacial score (nSPS) is 12.6. The van der Waals surface area contributed by atoms with Gasteiger partial charge in [-0.25, -0.2) is 9.50 Å². The van der Waals surface area contributed by atoms with E-state index in [0.717, 1.165) is 17.8 Å². The molecule has 0 spiro atoms. The number of hydrogen-bond acceptors (Lipinski definition) is 5. The largest absolute Gasteiger partial charge is 0.396 e. The fourth-order valence-corrected chi connectivity index (χ4v) is 2.05. The second-order valence-corrected chi connectivity index (χ2v) is 4.78. The summed E-state index contributed by atoms with van der Waals surface area (Å²) in [5, 5.41) is 15.9. The van der Waals surface area contributed by atoms with E-state index in [-0.39, 0.29) is 24.4 Å². The molecular formula is C13H19N5O2. The molecule has 2 aromatic heterocycles. The first-order valence-corrected chi connectivity index (χ1v) is 6.68. The summed E-state index contributed by atoms with van der Waals surface area (Å²) in [6.07, 6.45) is 1.27. The van der Waals surface area contributed by atoms with Crippen LogP contribution >= 0.6 is 0 Å². The number of fused-ring (bicyclic) bond motifs is 1. The molecule has 0 saturated heterocycles. The van der Waals surface area contributed by atoms with Crippen molar-refractivity contribution in [1.82, 2.24) is 24.9 Å². The Labute approximate surface area is 117 Å². The minimum Gasteiger partial charge on any atom is -0.396 e. The number of nitrogens with one attached hydrogen (secondary N) is 1. The van der Waals surface area contributed by atoms with Crippen LogP contribution in [0.4, 0.5) is 0 Å². The Bertz CT molecular complexity index is 622. The van der Waals surface area contributed by atoms with Crippen molar-refractivity contribution in [2.45, 2.75) is 39.7 Å². The predicted molar refractivity (Wildman–Crippen MR) is 73.5 cm³/mol. The van der Waals surface area contributed by atoms with E-state index in [1.54, 1.807) is 4.52 Å². The lowest BCUT2D eigenvalue weighted by Crippen LogP contribution is -2.35. The van der Waals surface area contributed by atoms with Crippen molar-refractivity contribution in [2.75, 3.05) is 6.61 Å². The van der Waals surface area contributed by atoms with Gasteiger partial charge in [-0.3, -0.25) is 4.79 Å². The lowest BCUT2D eigenvalue weighted by molar-refractivity contribution is 0.0919. The van der Waals surface area contributed by atoms with Gasteiger partial charge < -0.3 is 10.4 Å². The fourth-order valence-electron chi connectivity index (χ4n) is 2.05. The van der Waals surface area contributed by atoms with Crippen molar-refractivity contribution < 1.29 is 9.90 Å². The number of hydrogen-bond donors (Lipinski definition) is 2. The molecule has 0 fully saturated rings. The molecular weight excluding hydrogens is 258 g/mol. The third kappa shape index (κ3) is 2.93. The standard InChI is InChI=1S/C13H19N5O2/c1-4-10(5-6-19)15-12(20)11-16-13-14-8(2)7-9(3)18(13)17-11/h7,10,19H,4-6H2,1-3H3,(H,15,20). The molecule has 0 aliphatic carbocycles. The third-order valence-corrected chi connectivity index (χ3v) is 3.13. The van der Waals surface area contributed by atoms with Gasteiger partial charge in [-0.05, 0) is 32.8 Å². The minimum atomic E-state index is -0.340. The number of aromatic nitrogens is 4. The van der Waals surface area contributed by atoms with Crippen molar-refractivity contribution in [2.24, 2.45) is 0 Å². The predicted octanol–water partition coefficient (Wildman–Crippen LogP) is 0.632. The zero-order chi connectivity index (χ0) is 14.7.